The molecule has 0 spiro atoms. The topological polar surface area (TPSA) is 50.1 Å². The Morgan fingerprint density at radius 2 is 0.756 bits per heavy atom. The Kier molecular flexibility index (Phi) is 12.1. The molecule has 4 heterocycles. The van der Waals surface area contributed by atoms with E-state index in [2.05, 4.69) is 290 Å². The molecule has 12 aromatic carbocycles. The first-order valence-electron chi connectivity index (χ1n) is 29.6. The third kappa shape index (κ3) is 8.53. The van der Waals surface area contributed by atoms with Crippen molar-refractivity contribution >= 4 is 79.0 Å². The molecule has 2 aromatic heterocycles. The van der Waals surface area contributed by atoms with Crippen molar-refractivity contribution in [1.82, 2.24) is 19.5 Å². The van der Waals surface area contributed by atoms with Gasteiger partial charge in [0.25, 0.3) is 6.71 Å². The quantitative estimate of drug-likeness (QED) is 0.135. The van der Waals surface area contributed by atoms with Gasteiger partial charge in [0.15, 0.2) is 17.5 Å². The van der Waals surface area contributed by atoms with E-state index in [1.165, 1.54) is 55.5 Å². The Morgan fingerprint density at radius 1 is 0.314 bits per heavy atom. The summed E-state index contributed by atoms with van der Waals surface area (Å²) >= 11 is 0. The molecule has 0 N–H and O–H groups in total. The first kappa shape index (κ1) is 50.8. The van der Waals surface area contributed by atoms with Gasteiger partial charge in [-0.25, -0.2) is 15.0 Å². The van der Waals surface area contributed by atoms with Gasteiger partial charge < -0.3 is 14.4 Å². The minimum absolute atomic E-state index is 0.0317. The van der Waals surface area contributed by atoms with E-state index in [1.807, 2.05) is 36.4 Å². The number of hydrogen-bond acceptors (Lipinski definition) is 5. The molecule has 86 heavy (non-hydrogen) atoms. The van der Waals surface area contributed by atoms with Crippen LogP contribution in [-0.2, 0) is 5.41 Å². The standard InChI is InChI=1S/C79H57BN6/c1-79(2,3)59-45-46-69-65(51-59)63-37-16-19-42-68(63)86(69)75-62(38-24-39-64(75)78-82-76(52-25-8-4-9-26-52)81-77(83-78)53-27-10-5-11-28-53)57-32-23-30-55(48-57)54-29-22-31-56(47-54)58-49-72-74-73(50-58)85(61-35-14-7-15-36-61)71-44-21-18-41-67(71)80(74)66-40-17-20-43-70(66)84(72)60-33-12-6-13-34-60/h4-51H,1-3H3. The fourth-order valence-corrected chi connectivity index (χ4v) is 13.3. The first-order chi connectivity index (χ1) is 42.3. The predicted octanol–water partition coefficient (Wildman–Crippen LogP) is 18.4. The summed E-state index contributed by atoms with van der Waals surface area (Å²) in [6, 6.07) is 106. The van der Waals surface area contributed by atoms with Crippen LogP contribution in [0.25, 0.3) is 95.0 Å². The van der Waals surface area contributed by atoms with E-state index in [0.717, 1.165) is 78.2 Å². The Morgan fingerprint density at radius 3 is 1.34 bits per heavy atom. The molecule has 0 amide bonds. The van der Waals surface area contributed by atoms with E-state index in [4.69, 9.17) is 15.0 Å². The summed E-state index contributed by atoms with van der Waals surface area (Å²) in [5.74, 6) is 1.82. The van der Waals surface area contributed by atoms with E-state index in [-0.39, 0.29) is 12.1 Å². The van der Waals surface area contributed by atoms with Crippen molar-refractivity contribution in [2.75, 3.05) is 9.80 Å². The van der Waals surface area contributed by atoms with Crippen LogP contribution in [0.1, 0.15) is 26.3 Å². The first-order valence-corrected chi connectivity index (χ1v) is 29.6. The van der Waals surface area contributed by atoms with Crippen molar-refractivity contribution in [2.45, 2.75) is 26.2 Å². The van der Waals surface area contributed by atoms with Crippen molar-refractivity contribution in [3.05, 3.63) is 297 Å². The summed E-state index contributed by atoms with van der Waals surface area (Å²) in [4.78, 5) is 20.9. The van der Waals surface area contributed by atoms with Gasteiger partial charge in [-0.15, -0.1) is 0 Å². The van der Waals surface area contributed by atoms with Crippen LogP contribution in [0.5, 0.6) is 0 Å². The van der Waals surface area contributed by atoms with Crippen LogP contribution in [-0.4, -0.2) is 26.2 Å². The maximum Gasteiger partial charge on any atom is 0.252 e. The molecular formula is C79H57BN6. The molecule has 2 aliphatic rings. The monoisotopic (exact) mass is 1100 g/mol. The molecule has 0 saturated heterocycles. The number of benzene rings is 12. The fraction of sp³-hybridized carbons (Fsp3) is 0.0506. The van der Waals surface area contributed by atoms with E-state index >= 15 is 0 Å². The number of nitrogens with zero attached hydrogens (tertiary/aromatic N) is 6. The highest BCUT2D eigenvalue weighted by Crippen LogP contribution is 2.48. The summed E-state index contributed by atoms with van der Waals surface area (Å²) in [7, 11) is 0. The zero-order valence-corrected chi connectivity index (χ0v) is 48.0. The molecule has 0 atom stereocenters. The number of hydrogen-bond donors (Lipinski definition) is 0. The third-order valence-electron chi connectivity index (χ3n) is 17.4. The van der Waals surface area contributed by atoms with Gasteiger partial charge in [-0.1, -0.05) is 227 Å². The lowest BCUT2D eigenvalue weighted by molar-refractivity contribution is 0.591. The SMILES string of the molecule is CC(C)(C)c1ccc2c(c1)c1ccccc1n2-c1c(-c2cccc(-c3cccc(-c4cc5c6c(c4)N(c4ccccc4)c4ccccc4B6c4ccccc4N5c4ccccc4)c3)c2)cccc1-c1nc(-c2ccccc2)nc(-c2ccccc2)n1. The van der Waals surface area contributed by atoms with Gasteiger partial charge in [-0.2, -0.15) is 0 Å². The van der Waals surface area contributed by atoms with Gasteiger partial charge in [0.2, 0.25) is 0 Å². The summed E-state index contributed by atoms with van der Waals surface area (Å²) < 4.78 is 2.45. The van der Waals surface area contributed by atoms with Crippen LogP contribution < -0.4 is 26.2 Å². The van der Waals surface area contributed by atoms with E-state index < -0.39 is 0 Å². The van der Waals surface area contributed by atoms with Crippen LogP contribution in [0.2, 0.25) is 0 Å². The van der Waals surface area contributed by atoms with Gasteiger partial charge in [0.1, 0.15) is 0 Å². The maximum atomic E-state index is 5.39. The predicted molar refractivity (Wildman–Crippen MR) is 360 cm³/mol. The highest BCUT2D eigenvalue weighted by atomic mass is 15.2. The Bertz CT molecular complexity index is 4770. The van der Waals surface area contributed by atoms with Crippen molar-refractivity contribution in [3.8, 4) is 73.2 Å². The van der Waals surface area contributed by atoms with E-state index in [9.17, 15) is 0 Å². The second-order valence-electron chi connectivity index (χ2n) is 23.6. The van der Waals surface area contributed by atoms with Crippen molar-refractivity contribution in [2.24, 2.45) is 0 Å². The number of fused-ring (bicyclic) bond motifs is 7. The van der Waals surface area contributed by atoms with Crippen molar-refractivity contribution < 1.29 is 0 Å². The van der Waals surface area contributed by atoms with Crippen LogP contribution in [0, 0.1) is 0 Å². The number of aromatic nitrogens is 4. The Balaban J connectivity index is 0.896. The highest BCUT2D eigenvalue weighted by Gasteiger charge is 2.43. The molecular weight excluding hydrogens is 1040 g/mol. The lowest BCUT2D eigenvalue weighted by Gasteiger charge is -2.44. The lowest BCUT2D eigenvalue weighted by Crippen LogP contribution is -2.61. The van der Waals surface area contributed by atoms with Gasteiger partial charge in [0.05, 0.1) is 16.7 Å². The molecule has 0 unspecified atom stereocenters. The molecule has 0 radical (unpaired) electrons. The smallest absolute Gasteiger partial charge is 0.252 e. The van der Waals surface area contributed by atoms with Gasteiger partial charge in [0, 0.05) is 67.2 Å². The van der Waals surface area contributed by atoms with Crippen LogP contribution in [0.4, 0.5) is 34.1 Å². The highest BCUT2D eigenvalue weighted by molar-refractivity contribution is 7.00. The number of rotatable bonds is 9. The normalized spacial score (nSPS) is 12.5. The maximum absolute atomic E-state index is 5.39. The minimum atomic E-state index is -0.0479. The minimum Gasteiger partial charge on any atom is -0.311 e. The van der Waals surface area contributed by atoms with Crippen LogP contribution in [0.15, 0.2) is 291 Å². The molecule has 0 fully saturated rings. The lowest BCUT2D eigenvalue weighted by atomic mass is 9.33. The zero-order chi connectivity index (χ0) is 57.5. The summed E-state index contributed by atoms with van der Waals surface area (Å²) in [6.07, 6.45) is 0. The Hall–Kier alpha value is -10.9. The largest absolute Gasteiger partial charge is 0.311 e. The van der Waals surface area contributed by atoms with E-state index in [1.54, 1.807) is 0 Å². The number of para-hydroxylation sites is 6. The molecule has 0 aliphatic carbocycles. The van der Waals surface area contributed by atoms with Crippen molar-refractivity contribution in [1.29, 1.82) is 0 Å². The molecule has 0 saturated carbocycles. The van der Waals surface area contributed by atoms with Gasteiger partial charge >= 0.3 is 0 Å². The summed E-state index contributed by atoms with van der Waals surface area (Å²) in [5.41, 5.74) is 24.6. The summed E-state index contributed by atoms with van der Waals surface area (Å²) in [6.45, 7) is 6.89. The average molecular weight is 1100 g/mol. The second kappa shape index (κ2) is 20.5. The molecule has 7 heteroatoms. The average Bonchev–Trinajstić information content (AvgIpc) is 0.766. The van der Waals surface area contributed by atoms with E-state index in [0.29, 0.717) is 17.5 Å². The molecule has 406 valence electrons. The molecule has 14 aromatic rings. The zero-order valence-electron chi connectivity index (χ0n) is 48.0. The molecule has 16 rings (SSSR count). The molecule has 2 aliphatic heterocycles. The molecule has 0 bridgehead atoms. The van der Waals surface area contributed by atoms with Gasteiger partial charge in [-0.05, 0) is 140 Å². The van der Waals surface area contributed by atoms with Gasteiger partial charge in [-0.3, -0.25) is 0 Å². The summed E-state index contributed by atoms with van der Waals surface area (Å²) in [5, 5.41) is 2.38. The third-order valence-corrected chi connectivity index (χ3v) is 17.4. The number of anilines is 6. The van der Waals surface area contributed by atoms with Crippen LogP contribution in [0.3, 0.4) is 0 Å². The second-order valence-corrected chi connectivity index (χ2v) is 23.6. The van der Waals surface area contributed by atoms with Crippen molar-refractivity contribution in [3.63, 3.8) is 0 Å². The molecule has 6 nitrogen and oxygen atoms in total. The fourth-order valence-electron chi connectivity index (χ4n) is 13.3. The van der Waals surface area contributed by atoms with Crippen LogP contribution >= 0.6 is 0 Å². The Labute approximate surface area is 501 Å².